The summed E-state index contributed by atoms with van der Waals surface area (Å²) in [7, 11) is 3.18. The van der Waals surface area contributed by atoms with Crippen molar-refractivity contribution < 1.29 is 4.42 Å². The molecule has 0 aromatic carbocycles. The molecule has 0 spiro atoms. The zero-order chi connectivity index (χ0) is 6.53. The summed E-state index contributed by atoms with van der Waals surface area (Å²) in [5.41, 5.74) is 0. The lowest BCUT2D eigenvalue weighted by molar-refractivity contribution is 0.530. The van der Waals surface area contributed by atoms with Gasteiger partial charge >= 0.3 is 0 Å². The molecule has 1 heterocycles. The Kier molecular flexibility index (Phi) is 3.08. The van der Waals surface area contributed by atoms with Crippen LogP contribution in [0.25, 0.3) is 0 Å². The van der Waals surface area contributed by atoms with Crippen LogP contribution in [-0.4, -0.2) is 0 Å². The second-order valence-corrected chi connectivity index (χ2v) is 3.63. The molecule has 1 radical (unpaired) electrons. The lowest BCUT2D eigenvalue weighted by Gasteiger charge is -1.89. The van der Waals surface area contributed by atoms with E-state index in [2.05, 4.69) is 6.26 Å². The van der Waals surface area contributed by atoms with E-state index in [0.717, 1.165) is 11.5 Å². The van der Waals surface area contributed by atoms with Gasteiger partial charge in [0.05, 0.1) is 12.0 Å². The fourth-order valence-electron chi connectivity index (χ4n) is 0.494. The molecule has 0 unspecified atom stereocenters. The fraction of sp³-hybridized carbons (Fsp3) is 0.167. The van der Waals surface area contributed by atoms with Gasteiger partial charge in [0.2, 0.25) is 0 Å². The zero-order valence-corrected chi connectivity index (χ0v) is 6.50. The summed E-state index contributed by atoms with van der Waals surface area (Å²) in [4.78, 5) is 0. The van der Waals surface area contributed by atoms with Crippen LogP contribution >= 0.6 is 21.6 Å². The lowest BCUT2D eigenvalue weighted by Crippen LogP contribution is -1.67. The molecule has 9 heavy (non-hydrogen) atoms. The van der Waals surface area contributed by atoms with Gasteiger partial charge in [-0.3, -0.25) is 0 Å². The highest BCUT2D eigenvalue weighted by Gasteiger charge is 1.92. The van der Waals surface area contributed by atoms with Gasteiger partial charge in [0.25, 0.3) is 0 Å². The standard InChI is InChI=1S/C6H7OS2/c1-8-9-5-6-3-2-4-7-6/h2-4H,1,5H2. The van der Waals surface area contributed by atoms with Crippen LogP contribution in [0.5, 0.6) is 0 Å². The summed E-state index contributed by atoms with van der Waals surface area (Å²) in [5, 5.41) is 0. The molecule has 0 aliphatic carbocycles. The second-order valence-electron chi connectivity index (χ2n) is 1.46. The van der Waals surface area contributed by atoms with Gasteiger partial charge in [0.1, 0.15) is 5.76 Å². The molecule has 1 aromatic heterocycles. The van der Waals surface area contributed by atoms with Crippen molar-refractivity contribution in [3.8, 4) is 0 Å². The third kappa shape index (κ3) is 2.37. The van der Waals surface area contributed by atoms with Gasteiger partial charge in [-0.05, 0) is 12.1 Å². The molecular weight excluding hydrogens is 152 g/mol. The Morgan fingerprint density at radius 2 is 2.56 bits per heavy atom. The monoisotopic (exact) mass is 159 g/mol. The number of rotatable bonds is 3. The quantitative estimate of drug-likeness (QED) is 0.629. The van der Waals surface area contributed by atoms with Crippen LogP contribution in [0.1, 0.15) is 5.76 Å². The Balaban J connectivity index is 2.30. The Morgan fingerprint density at radius 3 is 3.11 bits per heavy atom. The first-order valence-electron chi connectivity index (χ1n) is 2.49. The molecule has 3 heteroatoms. The van der Waals surface area contributed by atoms with Crippen molar-refractivity contribution in [1.82, 2.24) is 0 Å². The second kappa shape index (κ2) is 3.90. The van der Waals surface area contributed by atoms with Gasteiger partial charge in [-0.1, -0.05) is 21.6 Å². The number of furan rings is 1. The topological polar surface area (TPSA) is 13.1 Å². The van der Waals surface area contributed by atoms with Crippen molar-refractivity contribution in [3.05, 3.63) is 30.4 Å². The summed E-state index contributed by atoms with van der Waals surface area (Å²) < 4.78 is 5.07. The van der Waals surface area contributed by atoms with Gasteiger partial charge in [-0.25, -0.2) is 0 Å². The summed E-state index contributed by atoms with van der Waals surface area (Å²) in [6.07, 6.45) is 5.31. The van der Waals surface area contributed by atoms with Gasteiger partial charge in [-0.2, -0.15) is 0 Å². The Hall–Kier alpha value is -0.0200. The molecule has 0 saturated heterocycles. The minimum absolute atomic E-state index is 0.904. The molecule has 0 N–H and O–H groups in total. The molecule has 0 bridgehead atoms. The van der Waals surface area contributed by atoms with Crippen molar-refractivity contribution in [2.24, 2.45) is 0 Å². The van der Waals surface area contributed by atoms with Crippen LogP contribution in [0.2, 0.25) is 0 Å². The Morgan fingerprint density at radius 1 is 1.67 bits per heavy atom. The number of hydrogen-bond donors (Lipinski definition) is 0. The highest BCUT2D eigenvalue weighted by Crippen LogP contribution is 2.23. The maximum Gasteiger partial charge on any atom is 0.114 e. The summed E-state index contributed by atoms with van der Waals surface area (Å²) in [5.74, 6) is 1.91. The molecule has 1 aromatic rings. The van der Waals surface area contributed by atoms with E-state index in [9.17, 15) is 0 Å². The van der Waals surface area contributed by atoms with Crippen molar-refractivity contribution in [2.45, 2.75) is 5.75 Å². The zero-order valence-electron chi connectivity index (χ0n) is 4.87. The summed E-state index contributed by atoms with van der Waals surface area (Å²) in [6, 6.07) is 3.85. The van der Waals surface area contributed by atoms with E-state index >= 15 is 0 Å². The maximum atomic E-state index is 5.07. The molecule has 0 aliphatic heterocycles. The van der Waals surface area contributed by atoms with Crippen LogP contribution in [0, 0.1) is 6.26 Å². The van der Waals surface area contributed by atoms with Crippen molar-refractivity contribution >= 4 is 21.6 Å². The van der Waals surface area contributed by atoms with E-state index in [0.29, 0.717) is 0 Å². The maximum absolute atomic E-state index is 5.07. The van der Waals surface area contributed by atoms with Crippen LogP contribution in [0.4, 0.5) is 0 Å². The van der Waals surface area contributed by atoms with Gasteiger partial charge in [0.15, 0.2) is 0 Å². The minimum Gasteiger partial charge on any atom is -0.468 e. The van der Waals surface area contributed by atoms with Crippen LogP contribution < -0.4 is 0 Å². The van der Waals surface area contributed by atoms with Crippen molar-refractivity contribution in [2.75, 3.05) is 0 Å². The SMILES string of the molecule is [CH2]SSCc1ccco1. The largest absolute Gasteiger partial charge is 0.468 e. The van der Waals surface area contributed by atoms with Crippen molar-refractivity contribution in [1.29, 1.82) is 0 Å². The third-order valence-electron chi connectivity index (χ3n) is 0.865. The van der Waals surface area contributed by atoms with E-state index in [4.69, 9.17) is 4.42 Å². The van der Waals surface area contributed by atoms with Gasteiger partial charge < -0.3 is 4.42 Å². The van der Waals surface area contributed by atoms with E-state index in [1.165, 1.54) is 10.8 Å². The van der Waals surface area contributed by atoms with Crippen molar-refractivity contribution in [3.63, 3.8) is 0 Å². The van der Waals surface area contributed by atoms with E-state index in [1.54, 1.807) is 17.1 Å². The molecule has 0 amide bonds. The molecule has 0 fully saturated rings. The first-order valence-corrected chi connectivity index (χ1v) is 4.98. The first kappa shape index (κ1) is 7.09. The average molecular weight is 159 g/mol. The smallest absolute Gasteiger partial charge is 0.114 e. The third-order valence-corrected chi connectivity index (χ3v) is 2.29. The van der Waals surface area contributed by atoms with Crippen LogP contribution in [-0.2, 0) is 5.75 Å². The van der Waals surface area contributed by atoms with Crippen LogP contribution in [0.3, 0.4) is 0 Å². The normalized spacial score (nSPS) is 9.89. The molecular formula is C6H7OS2. The van der Waals surface area contributed by atoms with E-state index < -0.39 is 0 Å². The van der Waals surface area contributed by atoms with Gasteiger partial charge in [0, 0.05) is 6.26 Å². The van der Waals surface area contributed by atoms with E-state index in [-0.39, 0.29) is 0 Å². The first-order chi connectivity index (χ1) is 4.43. The van der Waals surface area contributed by atoms with Crippen LogP contribution in [0.15, 0.2) is 22.8 Å². The highest BCUT2D eigenvalue weighted by molar-refractivity contribution is 8.76. The average Bonchev–Trinajstić information content (AvgIpc) is 2.34. The summed E-state index contributed by atoms with van der Waals surface area (Å²) >= 11 is 0. The molecule has 0 aliphatic rings. The lowest BCUT2D eigenvalue weighted by atomic mass is 10.5. The summed E-state index contributed by atoms with van der Waals surface area (Å²) in [6.45, 7) is 0. The van der Waals surface area contributed by atoms with E-state index in [1.807, 2.05) is 12.1 Å². The Bertz CT molecular complexity index is 148. The molecule has 0 saturated carbocycles. The molecule has 0 atom stereocenters. The minimum atomic E-state index is 0.904. The number of hydrogen-bond acceptors (Lipinski definition) is 3. The predicted molar refractivity (Wildman–Crippen MR) is 43.0 cm³/mol. The fourth-order valence-corrected chi connectivity index (χ4v) is 1.46. The molecule has 1 rings (SSSR count). The molecule has 1 nitrogen and oxygen atoms in total. The highest BCUT2D eigenvalue weighted by atomic mass is 33.1. The van der Waals surface area contributed by atoms with Gasteiger partial charge in [-0.15, -0.1) is 0 Å². The Labute approximate surface area is 62.6 Å². The predicted octanol–water partition coefficient (Wildman–Crippen LogP) is 2.95. The molecule has 49 valence electrons.